The van der Waals surface area contributed by atoms with Gasteiger partial charge in [0.05, 0.1) is 30.4 Å². The molecule has 3 amide bonds. The van der Waals surface area contributed by atoms with Crippen molar-refractivity contribution >= 4 is 37.2 Å². The first-order chi connectivity index (χ1) is 22.5. The van der Waals surface area contributed by atoms with Crippen LogP contribution >= 0.6 is 13.5 Å². The molecule has 0 bridgehead atoms. The van der Waals surface area contributed by atoms with E-state index in [1.807, 2.05) is 86.3 Å². The molecular weight excluding hydrogens is 627 g/mol. The second-order valence-corrected chi connectivity index (χ2v) is 13.3. The van der Waals surface area contributed by atoms with Crippen molar-refractivity contribution in [3.8, 4) is 5.75 Å². The third-order valence-corrected chi connectivity index (χ3v) is 9.08. The standard InChI is InChI=1S/C38H45N3O6.H2S/c1-37(2,3)47-33(42)19-23-39-36(45)38(26-12-6-5-7-13-26)22-18-29(28-14-8-10-16-31(28)38)35(44)41-24-20-27(21-25-41)40-34(43)30-15-9-11-17-32(30)46-4;/h5-17,27,29H,18-25H2,1-4H3,(H,39,45)(H,40,43);1H2/t29-,38+;/m0./s1. The first kappa shape index (κ1) is 36.5. The van der Waals surface area contributed by atoms with Gasteiger partial charge in [-0.05, 0) is 75.3 Å². The Kier molecular flexibility index (Phi) is 12.0. The van der Waals surface area contributed by atoms with Crippen molar-refractivity contribution in [3.05, 3.63) is 101 Å². The quantitative estimate of drug-likeness (QED) is 0.301. The number of piperidine rings is 1. The topological polar surface area (TPSA) is 114 Å². The largest absolute Gasteiger partial charge is 0.496 e. The molecule has 0 radical (unpaired) electrons. The van der Waals surface area contributed by atoms with Crippen LogP contribution in [0.2, 0.25) is 0 Å². The van der Waals surface area contributed by atoms with E-state index in [4.69, 9.17) is 9.47 Å². The molecule has 3 aromatic rings. The summed E-state index contributed by atoms with van der Waals surface area (Å²) < 4.78 is 10.8. The van der Waals surface area contributed by atoms with Crippen LogP contribution < -0.4 is 15.4 Å². The summed E-state index contributed by atoms with van der Waals surface area (Å²) >= 11 is 0. The molecule has 5 rings (SSSR count). The molecule has 0 saturated carbocycles. The van der Waals surface area contributed by atoms with Gasteiger partial charge in [-0.15, -0.1) is 0 Å². The van der Waals surface area contributed by atoms with Crippen LogP contribution in [0.4, 0.5) is 0 Å². The summed E-state index contributed by atoms with van der Waals surface area (Å²) in [4.78, 5) is 55.5. The Morgan fingerprint density at radius 2 is 1.52 bits per heavy atom. The van der Waals surface area contributed by atoms with Gasteiger partial charge in [0.1, 0.15) is 11.4 Å². The molecule has 2 N–H and O–H groups in total. The molecule has 1 heterocycles. The van der Waals surface area contributed by atoms with E-state index in [0.29, 0.717) is 50.1 Å². The lowest BCUT2D eigenvalue weighted by atomic mass is 9.62. The zero-order valence-electron chi connectivity index (χ0n) is 28.2. The van der Waals surface area contributed by atoms with Crippen LogP contribution in [0.15, 0.2) is 78.9 Å². The molecule has 0 unspecified atom stereocenters. The maximum atomic E-state index is 14.2. The average Bonchev–Trinajstić information content (AvgIpc) is 3.07. The number of esters is 1. The Bertz CT molecular complexity index is 1600. The molecule has 3 aromatic carbocycles. The number of hydrogen-bond donors (Lipinski definition) is 2. The van der Waals surface area contributed by atoms with Crippen molar-refractivity contribution in [2.45, 2.75) is 75.9 Å². The average molecular weight is 674 g/mol. The zero-order chi connectivity index (χ0) is 33.6. The molecule has 48 heavy (non-hydrogen) atoms. The minimum atomic E-state index is -1.02. The summed E-state index contributed by atoms with van der Waals surface area (Å²) in [7, 11) is 1.54. The molecule has 10 heteroatoms. The Morgan fingerprint density at radius 1 is 0.875 bits per heavy atom. The minimum Gasteiger partial charge on any atom is -0.496 e. The van der Waals surface area contributed by atoms with Crippen molar-refractivity contribution < 1.29 is 28.7 Å². The highest BCUT2D eigenvalue weighted by molar-refractivity contribution is 7.59. The van der Waals surface area contributed by atoms with Gasteiger partial charge >= 0.3 is 5.97 Å². The number of hydrogen-bond acceptors (Lipinski definition) is 6. The van der Waals surface area contributed by atoms with Gasteiger partial charge in [-0.25, -0.2) is 0 Å². The Labute approximate surface area is 290 Å². The van der Waals surface area contributed by atoms with Crippen molar-refractivity contribution in [1.82, 2.24) is 15.5 Å². The van der Waals surface area contributed by atoms with Gasteiger partial charge < -0.3 is 25.0 Å². The van der Waals surface area contributed by atoms with Gasteiger partial charge in [0, 0.05) is 25.7 Å². The number of nitrogens with one attached hydrogen (secondary N) is 2. The number of para-hydroxylation sites is 1. The van der Waals surface area contributed by atoms with Crippen LogP contribution in [0.5, 0.6) is 5.75 Å². The van der Waals surface area contributed by atoms with Crippen molar-refractivity contribution in [1.29, 1.82) is 0 Å². The van der Waals surface area contributed by atoms with Crippen LogP contribution in [0.25, 0.3) is 0 Å². The van der Waals surface area contributed by atoms with E-state index in [1.54, 1.807) is 25.3 Å². The smallest absolute Gasteiger partial charge is 0.308 e. The van der Waals surface area contributed by atoms with E-state index in [2.05, 4.69) is 10.6 Å². The summed E-state index contributed by atoms with van der Waals surface area (Å²) in [5.74, 6) is -0.579. The van der Waals surface area contributed by atoms with Gasteiger partial charge in [0.15, 0.2) is 0 Å². The lowest BCUT2D eigenvalue weighted by molar-refractivity contribution is -0.154. The fourth-order valence-electron chi connectivity index (χ4n) is 6.87. The number of carbonyl (C=O) groups is 4. The molecule has 1 fully saturated rings. The van der Waals surface area contributed by atoms with E-state index in [9.17, 15) is 19.2 Å². The molecule has 1 aliphatic carbocycles. The predicted molar refractivity (Wildman–Crippen MR) is 190 cm³/mol. The van der Waals surface area contributed by atoms with Crippen LogP contribution in [0.1, 0.15) is 85.8 Å². The van der Waals surface area contributed by atoms with Crippen molar-refractivity contribution in [2.24, 2.45) is 0 Å². The van der Waals surface area contributed by atoms with E-state index in [-0.39, 0.29) is 56.2 Å². The molecule has 2 atom stereocenters. The van der Waals surface area contributed by atoms with Gasteiger partial charge in [-0.2, -0.15) is 13.5 Å². The summed E-state index contributed by atoms with van der Waals surface area (Å²) in [6, 6.07) is 24.5. The summed E-state index contributed by atoms with van der Waals surface area (Å²) in [6.07, 6.45) is 2.29. The number of ether oxygens (including phenoxy) is 2. The van der Waals surface area contributed by atoms with E-state index in [0.717, 1.165) is 16.7 Å². The van der Waals surface area contributed by atoms with Crippen LogP contribution in [0, 0.1) is 0 Å². The minimum absolute atomic E-state index is 0. The monoisotopic (exact) mass is 673 g/mol. The number of nitrogens with zero attached hydrogens (tertiary/aromatic N) is 1. The van der Waals surface area contributed by atoms with Crippen molar-refractivity contribution in [2.75, 3.05) is 26.7 Å². The first-order valence-corrected chi connectivity index (χ1v) is 16.4. The SMILES string of the molecule is COc1ccccc1C(=O)NC1CCN(C(=O)[C@H]2CC[C@@](C(=O)NCCC(=O)OC(C)(C)C)(c3ccccc3)c3ccccc32)CC1.S. The zero-order valence-corrected chi connectivity index (χ0v) is 29.2. The number of benzene rings is 3. The van der Waals surface area contributed by atoms with Gasteiger partial charge in [0.2, 0.25) is 11.8 Å². The number of methoxy groups -OCH3 is 1. The van der Waals surface area contributed by atoms with E-state index < -0.39 is 16.9 Å². The molecule has 2 aliphatic rings. The van der Waals surface area contributed by atoms with E-state index >= 15 is 0 Å². The number of amides is 3. The highest BCUT2D eigenvalue weighted by Crippen LogP contribution is 2.48. The number of rotatable bonds is 9. The molecule has 1 saturated heterocycles. The van der Waals surface area contributed by atoms with Crippen LogP contribution in [-0.2, 0) is 24.5 Å². The summed E-state index contributed by atoms with van der Waals surface area (Å²) in [6.45, 7) is 6.65. The lowest BCUT2D eigenvalue weighted by Gasteiger charge is -2.42. The highest BCUT2D eigenvalue weighted by atomic mass is 32.1. The molecule has 0 aromatic heterocycles. The molecule has 1 aliphatic heterocycles. The maximum Gasteiger partial charge on any atom is 0.308 e. The number of carbonyl (C=O) groups excluding carboxylic acids is 4. The second-order valence-electron chi connectivity index (χ2n) is 13.3. The molecule has 9 nitrogen and oxygen atoms in total. The van der Waals surface area contributed by atoms with Crippen LogP contribution in [-0.4, -0.2) is 67.0 Å². The van der Waals surface area contributed by atoms with Gasteiger partial charge in [-0.3, -0.25) is 19.2 Å². The highest BCUT2D eigenvalue weighted by Gasteiger charge is 2.48. The second kappa shape index (κ2) is 15.7. The van der Waals surface area contributed by atoms with Crippen molar-refractivity contribution in [3.63, 3.8) is 0 Å². The van der Waals surface area contributed by atoms with Gasteiger partial charge in [0.25, 0.3) is 5.91 Å². The Hall–Kier alpha value is -4.31. The van der Waals surface area contributed by atoms with E-state index in [1.165, 1.54) is 0 Å². The number of likely N-dealkylation sites (tertiary alicyclic amines) is 1. The summed E-state index contributed by atoms with van der Waals surface area (Å²) in [5.41, 5.74) is 1.38. The van der Waals surface area contributed by atoms with Gasteiger partial charge in [-0.1, -0.05) is 66.7 Å². The maximum absolute atomic E-state index is 14.2. The molecular formula is C38H47N3O6S. The third-order valence-electron chi connectivity index (χ3n) is 9.08. The third kappa shape index (κ3) is 8.03. The Balaban J connectivity index is 0.00000520. The molecule has 256 valence electrons. The fourth-order valence-corrected chi connectivity index (χ4v) is 6.87. The predicted octanol–water partition coefficient (Wildman–Crippen LogP) is 5.24. The summed E-state index contributed by atoms with van der Waals surface area (Å²) in [5, 5.41) is 6.13. The molecule has 0 spiro atoms. The normalized spacial score (nSPS) is 19.2. The fraction of sp³-hybridized carbons (Fsp3) is 0.421. The lowest BCUT2D eigenvalue weighted by Crippen LogP contribution is -2.51. The van der Waals surface area contributed by atoms with Crippen LogP contribution in [0.3, 0.4) is 0 Å². The number of fused-ring (bicyclic) bond motifs is 1. The Morgan fingerprint density at radius 3 is 2.21 bits per heavy atom. The first-order valence-electron chi connectivity index (χ1n) is 16.4.